The summed E-state index contributed by atoms with van der Waals surface area (Å²) in [5, 5.41) is 16.7. The van der Waals surface area contributed by atoms with Crippen LogP contribution in [0.1, 0.15) is 53.6 Å². The molecule has 2 aromatic rings. The Kier molecular flexibility index (Phi) is 4.65. The third-order valence-corrected chi connectivity index (χ3v) is 6.98. The van der Waals surface area contributed by atoms with Crippen LogP contribution in [0.15, 0.2) is 41.5 Å². The van der Waals surface area contributed by atoms with Crippen LogP contribution in [-0.2, 0) is 6.42 Å². The van der Waals surface area contributed by atoms with Gasteiger partial charge >= 0.3 is 5.97 Å². The van der Waals surface area contributed by atoms with Crippen LogP contribution in [0.4, 0.5) is 11.4 Å². The molecule has 1 saturated carbocycles. The summed E-state index contributed by atoms with van der Waals surface area (Å²) in [5.74, 6) is 0.756. The van der Waals surface area contributed by atoms with E-state index in [-0.39, 0.29) is 0 Å². The van der Waals surface area contributed by atoms with Gasteiger partial charge in [0.2, 0.25) is 0 Å². The summed E-state index contributed by atoms with van der Waals surface area (Å²) in [6, 6.07) is 11.7. The van der Waals surface area contributed by atoms with E-state index in [2.05, 4.69) is 5.01 Å². The number of fused-ring (bicyclic) bond motifs is 3. The Labute approximate surface area is 176 Å². The highest BCUT2D eigenvalue weighted by Crippen LogP contribution is 2.45. The lowest BCUT2D eigenvalue weighted by atomic mass is 9.75. The first-order valence-corrected chi connectivity index (χ1v) is 10.7. The quantitative estimate of drug-likeness (QED) is 0.740. The molecule has 30 heavy (non-hydrogen) atoms. The van der Waals surface area contributed by atoms with Gasteiger partial charge in [0, 0.05) is 17.5 Å². The Bertz CT molecular complexity index is 1030. The lowest BCUT2D eigenvalue weighted by molar-refractivity contribution is 0.0696. The minimum atomic E-state index is -0.882. The van der Waals surface area contributed by atoms with Crippen molar-refractivity contribution in [3.05, 3.63) is 53.1 Å². The number of methoxy groups -OCH3 is 1. The average Bonchev–Trinajstić information content (AvgIpc) is 3.41. The van der Waals surface area contributed by atoms with E-state index in [0.717, 1.165) is 35.4 Å². The molecule has 0 spiro atoms. The zero-order valence-electron chi connectivity index (χ0n) is 17.2. The molecule has 156 valence electrons. The van der Waals surface area contributed by atoms with E-state index in [9.17, 15) is 9.90 Å². The Morgan fingerprint density at radius 2 is 1.97 bits per heavy atom. The van der Waals surface area contributed by atoms with E-state index in [1.165, 1.54) is 25.7 Å². The molecule has 2 aromatic carbocycles. The van der Waals surface area contributed by atoms with Gasteiger partial charge in [0.15, 0.2) is 0 Å². The van der Waals surface area contributed by atoms with Crippen LogP contribution in [0.25, 0.3) is 0 Å². The predicted molar refractivity (Wildman–Crippen MR) is 117 cm³/mol. The van der Waals surface area contributed by atoms with E-state index in [1.807, 2.05) is 30.3 Å². The van der Waals surface area contributed by atoms with Crippen molar-refractivity contribution in [1.82, 2.24) is 0 Å². The smallest absolute Gasteiger partial charge is 0.335 e. The fraction of sp³-hybridized carbons (Fsp3) is 0.417. The van der Waals surface area contributed by atoms with Gasteiger partial charge in [0.05, 0.1) is 35.8 Å². The molecule has 2 atom stereocenters. The van der Waals surface area contributed by atoms with E-state index < -0.39 is 5.97 Å². The number of carboxylic acids is 1. The number of hydrazone groups is 1. The van der Waals surface area contributed by atoms with Gasteiger partial charge in [-0.3, -0.25) is 5.01 Å². The van der Waals surface area contributed by atoms with Crippen LogP contribution < -0.4 is 15.5 Å². The van der Waals surface area contributed by atoms with Gasteiger partial charge in [-0.2, -0.15) is 5.10 Å². The van der Waals surface area contributed by atoms with Crippen molar-refractivity contribution >= 4 is 23.1 Å². The SMILES string of the molecule is COc1cc(N2N=C3c4ccc(C(=O)O)cc4CCC3C2C2CCCC2)ccc1N. The number of hydrogen-bond acceptors (Lipinski definition) is 5. The molecule has 0 amide bonds. The highest BCUT2D eigenvalue weighted by molar-refractivity contribution is 6.07. The Hall–Kier alpha value is -3.02. The van der Waals surface area contributed by atoms with Crippen LogP contribution in [0, 0.1) is 11.8 Å². The molecule has 2 aliphatic carbocycles. The van der Waals surface area contributed by atoms with Crippen molar-refractivity contribution in [3.8, 4) is 5.75 Å². The number of carboxylic acid groups (broad SMARTS) is 1. The Morgan fingerprint density at radius 3 is 2.70 bits per heavy atom. The first-order chi connectivity index (χ1) is 14.6. The number of nitrogens with zero attached hydrogens (tertiary/aromatic N) is 2. The number of aromatic carboxylic acids is 1. The second-order valence-electron chi connectivity index (χ2n) is 8.61. The van der Waals surface area contributed by atoms with Crippen LogP contribution in [0.5, 0.6) is 5.75 Å². The lowest BCUT2D eigenvalue weighted by Crippen LogP contribution is -2.40. The Balaban J connectivity index is 1.59. The lowest BCUT2D eigenvalue weighted by Gasteiger charge is -2.34. The zero-order chi connectivity index (χ0) is 20.8. The predicted octanol–water partition coefficient (Wildman–Crippen LogP) is 4.32. The molecule has 0 bridgehead atoms. The van der Waals surface area contributed by atoms with Crippen molar-refractivity contribution in [2.24, 2.45) is 16.9 Å². The molecule has 2 unspecified atom stereocenters. The van der Waals surface area contributed by atoms with Crippen molar-refractivity contribution in [2.75, 3.05) is 17.9 Å². The number of carbonyl (C=O) groups is 1. The zero-order valence-corrected chi connectivity index (χ0v) is 17.2. The van der Waals surface area contributed by atoms with Gasteiger partial charge in [-0.1, -0.05) is 18.9 Å². The number of anilines is 2. The average molecular weight is 405 g/mol. The summed E-state index contributed by atoms with van der Waals surface area (Å²) in [6.45, 7) is 0. The second-order valence-corrected chi connectivity index (χ2v) is 8.61. The van der Waals surface area contributed by atoms with Crippen molar-refractivity contribution in [2.45, 2.75) is 44.6 Å². The maximum atomic E-state index is 11.4. The third kappa shape index (κ3) is 3.02. The first kappa shape index (κ1) is 19.0. The molecule has 5 rings (SSSR count). The number of benzene rings is 2. The molecular formula is C24H27N3O3. The highest BCUT2D eigenvalue weighted by Gasteiger charge is 2.45. The van der Waals surface area contributed by atoms with Crippen molar-refractivity contribution in [1.29, 1.82) is 0 Å². The second kappa shape index (κ2) is 7.35. The molecule has 3 N–H and O–H groups in total. The van der Waals surface area contributed by atoms with Crippen LogP contribution in [0.3, 0.4) is 0 Å². The normalized spacial score (nSPS) is 23.1. The minimum absolute atomic E-state index is 0.322. The summed E-state index contributed by atoms with van der Waals surface area (Å²) in [5.41, 5.74) is 11.3. The molecule has 0 aromatic heterocycles. The molecule has 6 heteroatoms. The van der Waals surface area contributed by atoms with E-state index in [1.54, 1.807) is 13.2 Å². The molecular weight excluding hydrogens is 378 g/mol. The topological polar surface area (TPSA) is 88.1 Å². The Morgan fingerprint density at radius 1 is 1.17 bits per heavy atom. The van der Waals surface area contributed by atoms with Gasteiger partial charge in [0.1, 0.15) is 5.75 Å². The molecule has 0 saturated heterocycles. The summed E-state index contributed by atoms with van der Waals surface area (Å²) in [4.78, 5) is 11.4. The van der Waals surface area contributed by atoms with Gasteiger partial charge in [-0.05, 0) is 61.4 Å². The standard InChI is InChI=1S/C24H27N3O3/c1-30-21-13-17(8-11-20(21)25)27-23(14-4-2-3-5-14)19-10-6-15-12-16(24(28)29)7-9-18(15)22(19)26-27/h7-9,11-14,19,23H,2-6,10,25H2,1H3,(H,28,29). The summed E-state index contributed by atoms with van der Waals surface area (Å²) < 4.78 is 5.46. The minimum Gasteiger partial charge on any atom is -0.495 e. The number of nitrogen functional groups attached to an aromatic ring is 1. The molecule has 6 nitrogen and oxygen atoms in total. The van der Waals surface area contributed by atoms with Crippen LogP contribution in [-0.4, -0.2) is 29.9 Å². The van der Waals surface area contributed by atoms with Gasteiger partial charge in [-0.15, -0.1) is 0 Å². The van der Waals surface area contributed by atoms with Crippen molar-refractivity contribution < 1.29 is 14.6 Å². The summed E-state index contributed by atoms with van der Waals surface area (Å²) in [6.07, 6.45) is 6.91. The van der Waals surface area contributed by atoms with Gasteiger partial charge in [-0.25, -0.2) is 4.79 Å². The maximum Gasteiger partial charge on any atom is 0.335 e. The third-order valence-electron chi connectivity index (χ3n) is 6.98. The van der Waals surface area contributed by atoms with E-state index in [0.29, 0.717) is 34.9 Å². The molecule has 1 heterocycles. The summed E-state index contributed by atoms with van der Waals surface area (Å²) in [7, 11) is 1.63. The highest BCUT2D eigenvalue weighted by atomic mass is 16.5. The fourth-order valence-electron chi connectivity index (χ4n) is 5.54. The van der Waals surface area contributed by atoms with Crippen LogP contribution in [0.2, 0.25) is 0 Å². The van der Waals surface area contributed by atoms with Crippen molar-refractivity contribution in [3.63, 3.8) is 0 Å². The number of hydrogen-bond donors (Lipinski definition) is 2. The monoisotopic (exact) mass is 405 g/mol. The largest absolute Gasteiger partial charge is 0.495 e. The van der Waals surface area contributed by atoms with E-state index >= 15 is 0 Å². The maximum absolute atomic E-state index is 11.4. The summed E-state index contributed by atoms with van der Waals surface area (Å²) >= 11 is 0. The first-order valence-electron chi connectivity index (χ1n) is 10.7. The van der Waals surface area contributed by atoms with Gasteiger partial charge < -0.3 is 15.6 Å². The van der Waals surface area contributed by atoms with E-state index in [4.69, 9.17) is 15.6 Å². The molecule has 1 fully saturated rings. The number of aryl methyl sites for hydroxylation is 1. The number of ether oxygens (including phenoxy) is 1. The molecule has 0 radical (unpaired) electrons. The van der Waals surface area contributed by atoms with Crippen LogP contribution >= 0.6 is 0 Å². The molecule has 1 aliphatic heterocycles. The number of nitrogens with two attached hydrogens (primary N) is 1. The van der Waals surface area contributed by atoms with Gasteiger partial charge in [0.25, 0.3) is 0 Å². The fourth-order valence-corrected chi connectivity index (χ4v) is 5.54. The molecule has 3 aliphatic rings. The number of rotatable bonds is 4.